The molecule has 0 N–H and O–H groups in total. The molecule has 1 aromatic heterocycles. The van der Waals surface area contributed by atoms with Crippen LogP contribution in [-0.2, 0) is 0 Å². The first-order valence-electron chi connectivity index (χ1n) is 5.63. The molecule has 0 radical (unpaired) electrons. The summed E-state index contributed by atoms with van der Waals surface area (Å²) in [6.45, 7) is 0. The molecule has 0 bridgehead atoms. The van der Waals surface area contributed by atoms with Gasteiger partial charge in [0.05, 0.1) is 10.5 Å². The first kappa shape index (κ1) is 13.6. The van der Waals surface area contributed by atoms with Crippen molar-refractivity contribution in [2.45, 2.75) is 0 Å². The summed E-state index contributed by atoms with van der Waals surface area (Å²) in [6, 6.07) is 9.17. The molecule has 0 unspecified atom stereocenters. The van der Waals surface area contributed by atoms with Crippen LogP contribution < -0.4 is 0 Å². The molecule has 0 aliphatic heterocycles. The Kier molecular flexibility index (Phi) is 3.50. The van der Waals surface area contributed by atoms with Gasteiger partial charge in [-0.3, -0.25) is 0 Å². The summed E-state index contributed by atoms with van der Waals surface area (Å²) < 4.78 is 13.2. The normalized spacial score (nSPS) is 11.0. The fourth-order valence-electron chi connectivity index (χ4n) is 1.85. The van der Waals surface area contributed by atoms with Gasteiger partial charge in [0.1, 0.15) is 11.0 Å². The Morgan fingerprint density at radius 1 is 0.900 bits per heavy atom. The van der Waals surface area contributed by atoms with E-state index in [0.29, 0.717) is 32.3 Å². The van der Waals surface area contributed by atoms with Gasteiger partial charge in [0.25, 0.3) is 0 Å². The SMILES string of the molecule is Fc1ccc2nc(-c3ccc(Cl)cc3Cl)nc(Cl)c2c1. The number of fused-ring (bicyclic) bond motifs is 1. The van der Waals surface area contributed by atoms with Crippen LogP contribution in [-0.4, -0.2) is 9.97 Å². The molecular formula is C14H6Cl3FN2. The van der Waals surface area contributed by atoms with Gasteiger partial charge in [-0.2, -0.15) is 0 Å². The van der Waals surface area contributed by atoms with Gasteiger partial charge in [-0.05, 0) is 36.4 Å². The largest absolute Gasteiger partial charge is 0.228 e. The molecule has 1 heterocycles. The van der Waals surface area contributed by atoms with Crippen LogP contribution in [0.3, 0.4) is 0 Å². The third kappa shape index (κ3) is 2.44. The van der Waals surface area contributed by atoms with Crippen molar-refractivity contribution in [2.24, 2.45) is 0 Å². The number of hydrogen-bond donors (Lipinski definition) is 0. The van der Waals surface area contributed by atoms with Crippen molar-refractivity contribution in [2.75, 3.05) is 0 Å². The van der Waals surface area contributed by atoms with Gasteiger partial charge in [0, 0.05) is 16.0 Å². The van der Waals surface area contributed by atoms with E-state index in [0.717, 1.165) is 0 Å². The number of halogens is 4. The maximum Gasteiger partial charge on any atom is 0.162 e. The number of aromatic nitrogens is 2. The molecule has 0 amide bonds. The van der Waals surface area contributed by atoms with Crippen molar-refractivity contribution in [1.82, 2.24) is 9.97 Å². The van der Waals surface area contributed by atoms with Crippen molar-refractivity contribution < 1.29 is 4.39 Å². The monoisotopic (exact) mass is 326 g/mol. The lowest BCUT2D eigenvalue weighted by molar-refractivity contribution is 0.629. The fourth-order valence-corrected chi connectivity index (χ4v) is 2.58. The molecular weight excluding hydrogens is 322 g/mol. The van der Waals surface area contributed by atoms with Crippen LogP contribution in [0.5, 0.6) is 0 Å². The number of hydrogen-bond acceptors (Lipinski definition) is 2. The first-order chi connectivity index (χ1) is 9.54. The van der Waals surface area contributed by atoms with Gasteiger partial charge in [-0.15, -0.1) is 0 Å². The maximum absolute atomic E-state index is 13.2. The molecule has 6 heteroatoms. The Labute approximate surface area is 129 Å². The quantitative estimate of drug-likeness (QED) is 0.560. The molecule has 20 heavy (non-hydrogen) atoms. The van der Waals surface area contributed by atoms with E-state index in [1.807, 2.05) is 0 Å². The lowest BCUT2D eigenvalue weighted by Crippen LogP contribution is -1.93. The second kappa shape index (κ2) is 5.17. The van der Waals surface area contributed by atoms with Crippen LogP contribution in [0, 0.1) is 5.82 Å². The van der Waals surface area contributed by atoms with Crippen LogP contribution in [0.1, 0.15) is 0 Å². The van der Waals surface area contributed by atoms with Gasteiger partial charge in [-0.25, -0.2) is 14.4 Å². The van der Waals surface area contributed by atoms with E-state index < -0.39 is 0 Å². The summed E-state index contributed by atoms with van der Waals surface area (Å²) in [5.74, 6) is -0.0175. The molecule has 0 saturated heterocycles. The molecule has 0 fully saturated rings. The Morgan fingerprint density at radius 2 is 1.70 bits per heavy atom. The van der Waals surface area contributed by atoms with E-state index in [4.69, 9.17) is 34.8 Å². The Hall–Kier alpha value is -1.42. The second-order valence-corrected chi connectivity index (χ2v) is 5.33. The van der Waals surface area contributed by atoms with Crippen molar-refractivity contribution in [3.63, 3.8) is 0 Å². The minimum Gasteiger partial charge on any atom is -0.228 e. The molecule has 0 saturated carbocycles. The summed E-state index contributed by atoms with van der Waals surface area (Å²) in [6.07, 6.45) is 0. The fraction of sp³-hybridized carbons (Fsp3) is 0. The molecule has 0 spiro atoms. The highest BCUT2D eigenvalue weighted by atomic mass is 35.5. The Bertz CT molecular complexity index is 821. The van der Waals surface area contributed by atoms with E-state index in [-0.39, 0.29) is 11.0 Å². The third-order valence-electron chi connectivity index (χ3n) is 2.78. The number of rotatable bonds is 1. The summed E-state index contributed by atoms with van der Waals surface area (Å²) in [5, 5.41) is 1.58. The standard InChI is InChI=1S/C14H6Cl3FN2/c15-7-1-3-9(11(16)5-7)14-19-12-4-2-8(18)6-10(12)13(17)20-14/h1-6H. The van der Waals surface area contributed by atoms with Crippen LogP contribution in [0.4, 0.5) is 4.39 Å². The van der Waals surface area contributed by atoms with Gasteiger partial charge in [0.2, 0.25) is 0 Å². The van der Waals surface area contributed by atoms with E-state index in [1.54, 1.807) is 24.3 Å². The summed E-state index contributed by atoms with van der Waals surface area (Å²) in [5.41, 5.74) is 1.16. The van der Waals surface area contributed by atoms with Crippen LogP contribution in [0.15, 0.2) is 36.4 Å². The zero-order valence-corrected chi connectivity index (χ0v) is 12.1. The minimum absolute atomic E-state index is 0.176. The first-order valence-corrected chi connectivity index (χ1v) is 6.76. The summed E-state index contributed by atoms with van der Waals surface area (Å²) in [4.78, 5) is 8.51. The third-order valence-corrected chi connectivity index (χ3v) is 3.62. The van der Waals surface area contributed by atoms with Crippen molar-refractivity contribution in [3.05, 3.63) is 57.4 Å². The molecule has 0 aliphatic carbocycles. The molecule has 0 atom stereocenters. The lowest BCUT2D eigenvalue weighted by atomic mass is 10.2. The van der Waals surface area contributed by atoms with E-state index >= 15 is 0 Å². The Balaban J connectivity index is 2.24. The molecule has 0 aliphatic rings. The molecule has 3 aromatic rings. The minimum atomic E-state index is -0.389. The molecule has 2 aromatic carbocycles. The predicted octanol–water partition coefficient (Wildman–Crippen LogP) is 5.40. The summed E-state index contributed by atoms with van der Waals surface area (Å²) >= 11 is 18.1. The van der Waals surface area contributed by atoms with Gasteiger partial charge >= 0.3 is 0 Å². The smallest absolute Gasteiger partial charge is 0.162 e. The average Bonchev–Trinajstić information content (AvgIpc) is 2.39. The zero-order chi connectivity index (χ0) is 14.3. The van der Waals surface area contributed by atoms with Gasteiger partial charge in [-0.1, -0.05) is 34.8 Å². The Morgan fingerprint density at radius 3 is 2.45 bits per heavy atom. The highest BCUT2D eigenvalue weighted by molar-refractivity contribution is 6.36. The van der Waals surface area contributed by atoms with E-state index in [1.165, 1.54) is 12.1 Å². The number of benzene rings is 2. The average molecular weight is 328 g/mol. The van der Waals surface area contributed by atoms with Crippen molar-refractivity contribution in [1.29, 1.82) is 0 Å². The summed E-state index contributed by atoms with van der Waals surface area (Å²) in [7, 11) is 0. The maximum atomic E-state index is 13.2. The van der Waals surface area contributed by atoms with Gasteiger partial charge in [0.15, 0.2) is 5.82 Å². The molecule has 3 rings (SSSR count). The van der Waals surface area contributed by atoms with Crippen LogP contribution in [0.2, 0.25) is 15.2 Å². The number of nitrogens with zero attached hydrogens (tertiary/aromatic N) is 2. The van der Waals surface area contributed by atoms with Gasteiger partial charge < -0.3 is 0 Å². The highest BCUT2D eigenvalue weighted by Crippen LogP contribution is 2.31. The van der Waals surface area contributed by atoms with Crippen LogP contribution in [0.25, 0.3) is 22.3 Å². The van der Waals surface area contributed by atoms with Crippen LogP contribution >= 0.6 is 34.8 Å². The zero-order valence-electron chi connectivity index (χ0n) is 9.87. The highest BCUT2D eigenvalue weighted by Gasteiger charge is 2.11. The van der Waals surface area contributed by atoms with E-state index in [9.17, 15) is 4.39 Å². The van der Waals surface area contributed by atoms with E-state index in [2.05, 4.69) is 9.97 Å². The second-order valence-electron chi connectivity index (χ2n) is 4.12. The lowest BCUT2D eigenvalue weighted by Gasteiger charge is -2.06. The molecule has 100 valence electrons. The predicted molar refractivity (Wildman–Crippen MR) is 80.0 cm³/mol. The topological polar surface area (TPSA) is 25.8 Å². The molecule has 2 nitrogen and oxygen atoms in total. The van der Waals surface area contributed by atoms with Crippen molar-refractivity contribution in [3.8, 4) is 11.4 Å². The van der Waals surface area contributed by atoms with Crippen molar-refractivity contribution >= 4 is 45.7 Å².